The van der Waals surface area contributed by atoms with Gasteiger partial charge in [0.05, 0.1) is 5.69 Å². The van der Waals surface area contributed by atoms with Crippen LogP contribution < -0.4 is 0 Å². The SMILES string of the molecule is O=C(O)c1[nH]c(=S)[nH]c1Cc1cccc(Br)c1. The van der Waals surface area contributed by atoms with Crippen molar-refractivity contribution in [2.75, 3.05) is 0 Å². The number of carboxylic acid groups (broad SMARTS) is 1. The quantitative estimate of drug-likeness (QED) is 0.763. The summed E-state index contributed by atoms with van der Waals surface area (Å²) in [4.78, 5) is 16.5. The van der Waals surface area contributed by atoms with Crippen LogP contribution in [0.4, 0.5) is 0 Å². The minimum atomic E-state index is -1.01. The van der Waals surface area contributed by atoms with E-state index in [9.17, 15) is 4.79 Å². The highest BCUT2D eigenvalue weighted by Gasteiger charge is 2.13. The van der Waals surface area contributed by atoms with Gasteiger partial charge in [-0.3, -0.25) is 0 Å². The minimum Gasteiger partial charge on any atom is -0.477 e. The van der Waals surface area contributed by atoms with Gasteiger partial charge in [-0.25, -0.2) is 4.79 Å². The highest BCUT2D eigenvalue weighted by molar-refractivity contribution is 9.10. The Morgan fingerprint density at radius 3 is 2.82 bits per heavy atom. The van der Waals surface area contributed by atoms with E-state index < -0.39 is 5.97 Å². The third kappa shape index (κ3) is 2.83. The van der Waals surface area contributed by atoms with Gasteiger partial charge in [-0.05, 0) is 29.9 Å². The van der Waals surface area contributed by atoms with Crippen LogP contribution >= 0.6 is 28.1 Å². The van der Waals surface area contributed by atoms with Crippen LogP contribution in [0.1, 0.15) is 21.7 Å². The zero-order chi connectivity index (χ0) is 12.4. The average Bonchev–Trinajstić information content (AvgIpc) is 2.59. The molecule has 1 heterocycles. The van der Waals surface area contributed by atoms with E-state index in [1.54, 1.807) is 0 Å². The molecule has 0 radical (unpaired) electrons. The molecule has 0 unspecified atom stereocenters. The zero-order valence-electron chi connectivity index (χ0n) is 8.66. The highest BCUT2D eigenvalue weighted by atomic mass is 79.9. The van der Waals surface area contributed by atoms with E-state index in [0.29, 0.717) is 16.9 Å². The standard InChI is InChI=1S/C11H9BrN2O2S/c12-7-3-1-2-6(4-7)5-8-9(10(15)16)14-11(17)13-8/h1-4H,5H2,(H,15,16)(H2,13,14,17). The number of hydrogen-bond acceptors (Lipinski definition) is 2. The van der Waals surface area contributed by atoms with Crippen LogP contribution in [0.2, 0.25) is 0 Å². The second-order valence-corrected chi connectivity index (χ2v) is 4.87. The molecule has 0 aliphatic carbocycles. The summed E-state index contributed by atoms with van der Waals surface area (Å²) in [7, 11) is 0. The molecule has 0 fully saturated rings. The molecule has 0 aliphatic rings. The summed E-state index contributed by atoms with van der Waals surface area (Å²) >= 11 is 8.27. The van der Waals surface area contributed by atoms with E-state index in [4.69, 9.17) is 17.3 Å². The normalized spacial score (nSPS) is 10.4. The molecule has 2 rings (SSSR count). The topological polar surface area (TPSA) is 68.9 Å². The number of carboxylic acids is 1. The lowest BCUT2D eigenvalue weighted by Gasteiger charge is -2.01. The summed E-state index contributed by atoms with van der Waals surface area (Å²) < 4.78 is 1.29. The monoisotopic (exact) mass is 312 g/mol. The molecule has 0 saturated carbocycles. The summed E-state index contributed by atoms with van der Waals surface area (Å²) in [5.74, 6) is -1.01. The predicted molar refractivity (Wildman–Crippen MR) is 69.9 cm³/mol. The van der Waals surface area contributed by atoms with Gasteiger partial charge < -0.3 is 15.1 Å². The van der Waals surface area contributed by atoms with Crippen molar-refractivity contribution >= 4 is 34.1 Å². The van der Waals surface area contributed by atoms with Gasteiger partial charge in [0.2, 0.25) is 0 Å². The van der Waals surface area contributed by atoms with Crippen molar-refractivity contribution in [1.29, 1.82) is 0 Å². The number of aromatic amines is 2. The lowest BCUT2D eigenvalue weighted by Crippen LogP contribution is -2.02. The molecule has 88 valence electrons. The molecule has 0 aliphatic heterocycles. The van der Waals surface area contributed by atoms with Crippen molar-refractivity contribution in [2.24, 2.45) is 0 Å². The summed E-state index contributed by atoms with van der Waals surface area (Å²) in [5.41, 5.74) is 1.71. The number of nitrogens with one attached hydrogen (secondary N) is 2. The van der Waals surface area contributed by atoms with Crippen LogP contribution in [-0.4, -0.2) is 21.0 Å². The molecule has 2 aromatic rings. The summed E-state index contributed by atoms with van der Waals surface area (Å²) in [6.07, 6.45) is 0.494. The second kappa shape index (κ2) is 4.85. The lowest BCUT2D eigenvalue weighted by molar-refractivity contribution is 0.0690. The highest BCUT2D eigenvalue weighted by Crippen LogP contribution is 2.16. The maximum absolute atomic E-state index is 11.0. The number of H-pyrrole nitrogens is 2. The van der Waals surface area contributed by atoms with E-state index in [1.165, 1.54) is 0 Å². The predicted octanol–water partition coefficient (Wildman–Crippen LogP) is 3.12. The Bertz CT molecular complexity index is 618. The Morgan fingerprint density at radius 1 is 1.41 bits per heavy atom. The third-order valence-electron chi connectivity index (χ3n) is 2.29. The van der Waals surface area contributed by atoms with Crippen LogP contribution in [-0.2, 0) is 6.42 Å². The molecule has 1 aromatic heterocycles. The van der Waals surface area contributed by atoms with Crippen LogP contribution in [0.25, 0.3) is 0 Å². The first kappa shape index (κ1) is 12.1. The van der Waals surface area contributed by atoms with Gasteiger partial charge in [-0.15, -0.1) is 0 Å². The van der Waals surface area contributed by atoms with Crippen molar-refractivity contribution < 1.29 is 9.90 Å². The average molecular weight is 313 g/mol. The van der Waals surface area contributed by atoms with Crippen molar-refractivity contribution in [1.82, 2.24) is 9.97 Å². The molecule has 0 atom stereocenters. The van der Waals surface area contributed by atoms with Gasteiger partial charge in [0.15, 0.2) is 4.77 Å². The van der Waals surface area contributed by atoms with Crippen molar-refractivity contribution in [2.45, 2.75) is 6.42 Å². The van der Waals surface area contributed by atoms with E-state index in [-0.39, 0.29) is 5.69 Å². The number of rotatable bonds is 3. The molecule has 3 N–H and O–H groups in total. The van der Waals surface area contributed by atoms with Crippen molar-refractivity contribution in [3.8, 4) is 0 Å². The van der Waals surface area contributed by atoms with Crippen molar-refractivity contribution in [3.63, 3.8) is 0 Å². The number of halogens is 1. The first-order chi connectivity index (χ1) is 8.06. The summed E-state index contributed by atoms with van der Waals surface area (Å²) in [6.45, 7) is 0. The Balaban J connectivity index is 2.36. The Morgan fingerprint density at radius 2 is 2.18 bits per heavy atom. The van der Waals surface area contributed by atoms with Crippen LogP contribution in [0.15, 0.2) is 28.7 Å². The lowest BCUT2D eigenvalue weighted by atomic mass is 10.1. The largest absolute Gasteiger partial charge is 0.477 e. The molecule has 4 nitrogen and oxygen atoms in total. The number of carbonyl (C=O) groups is 1. The summed E-state index contributed by atoms with van der Waals surface area (Å²) in [5, 5.41) is 9.00. The smallest absolute Gasteiger partial charge is 0.354 e. The number of aromatic carboxylic acids is 1. The first-order valence-corrected chi connectivity index (χ1v) is 6.05. The Labute approximate surface area is 111 Å². The van der Waals surface area contributed by atoms with E-state index in [2.05, 4.69) is 25.9 Å². The number of hydrogen-bond donors (Lipinski definition) is 3. The van der Waals surface area contributed by atoms with Crippen LogP contribution in [0.5, 0.6) is 0 Å². The van der Waals surface area contributed by atoms with Gasteiger partial charge in [-0.1, -0.05) is 28.1 Å². The van der Waals surface area contributed by atoms with E-state index >= 15 is 0 Å². The fraction of sp³-hybridized carbons (Fsp3) is 0.0909. The molecular formula is C11H9BrN2O2S. The van der Waals surface area contributed by atoms with Gasteiger partial charge in [0.1, 0.15) is 5.69 Å². The maximum Gasteiger partial charge on any atom is 0.354 e. The van der Waals surface area contributed by atoms with Gasteiger partial charge in [0, 0.05) is 10.9 Å². The summed E-state index contributed by atoms with van der Waals surface area (Å²) in [6, 6.07) is 7.69. The zero-order valence-corrected chi connectivity index (χ0v) is 11.1. The van der Waals surface area contributed by atoms with Crippen molar-refractivity contribution in [3.05, 3.63) is 50.5 Å². The number of benzene rings is 1. The molecular weight excluding hydrogens is 304 g/mol. The van der Waals surface area contributed by atoms with Gasteiger partial charge >= 0.3 is 5.97 Å². The van der Waals surface area contributed by atoms with E-state index in [0.717, 1.165) is 10.0 Å². The molecule has 0 spiro atoms. The molecule has 0 amide bonds. The molecule has 6 heteroatoms. The fourth-order valence-corrected chi connectivity index (χ4v) is 2.26. The van der Waals surface area contributed by atoms with Crippen LogP contribution in [0.3, 0.4) is 0 Å². The fourth-order valence-electron chi connectivity index (χ4n) is 1.59. The first-order valence-electron chi connectivity index (χ1n) is 4.85. The maximum atomic E-state index is 11.0. The molecule has 0 bridgehead atoms. The molecule has 1 aromatic carbocycles. The van der Waals surface area contributed by atoms with Crippen LogP contribution in [0, 0.1) is 4.77 Å². The Hall–Kier alpha value is -1.40. The minimum absolute atomic E-state index is 0.120. The van der Waals surface area contributed by atoms with Gasteiger partial charge in [0.25, 0.3) is 0 Å². The molecule has 0 saturated heterocycles. The Kier molecular flexibility index (Phi) is 3.44. The number of imidazole rings is 1. The second-order valence-electron chi connectivity index (χ2n) is 3.54. The third-order valence-corrected chi connectivity index (χ3v) is 2.99. The van der Waals surface area contributed by atoms with Gasteiger partial charge in [-0.2, -0.15) is 0 Å². The number of aromatic nitrogens is 2. The molecule has 17 heavy (non-hydrogen) atoms. The van der Waals surface area contributed by atoms with E-state index in [1.807, 2.05) is 24.3 Å².